The monoisotopic (exact) mass is 427 g/mol. The van der Waals surface area contributed by atoms with Crippen LogP contribution in [-0.2, 0) is 16.6 Å². The van der Waals surface area contributed by atoms with Crippen molar-refractivity contribution in [3.05, 3.63) is 59.1 Å². The van der Waals surface area contributed by atoms with Gasteiger partial charge in [0.2, 0.25) is 5.13 Å². The van der Waals surface area contributed by atoms with Crippen LogP contribution in [-0.4, -0.2) is 32.8 Å². The molecule has 0 aliphatic heterocycles. The summed E-state index contributed by atoms with van der Waals surface area (Å²) in [6, 6.07) is 7.13. The highest BCUT2D eigenvalue weighted by Gasteiger charge is 2.31. The summed E-state index contributed by atoms with van der Waals surface area (Å²) in [6.07, 6.45) is 0. The summed E-state index contributed by atoms with van der Waals surface area (Å²) in [7, 11) is -1.48. The van der Waals surface area contributed by atoms with Crippen molar-refractivity contribution in [2.75, 3.05) is 18.5 Å². The zero-order valence-electron chi connectivity index (χ0n) is 14.8. The average Bonchev–Trinajstić information content (AvgIpc) is 3.19. The van der Waals surface area contributed by atoms with E-state index in [1.54, 1.807) is 18.2 Å². The lowest BCUT2D eigenvalue weighted by Crippen LogP contribution is -2.31. The minimum Gasteiger partial charge on any atom is -0.497 e. The first-order chi connectivity index (χ1) is 13.4. The number of aromatic nitrogens is 2. The quantitative estimate of drug-likeness (QED) is 0.576. The Balaban J connectivity index is 2.09. The molecular weight excluding hydrogens is 412 g/mol. The van der Waals surface area contributed by atoms with E-state index in [0.717, 1.165) is 27.8 Å². The second-order valence-corrected chi connectivity index (χ2v) is 8.13. The van der Waals surface area contributed by atoms with Crippen molar-refractivity contribution in [3.8, 4) is 11.5 Å². The third-order valence-electron chi connectivity index (χ3n) is 3.83. The molecule has 0 saturated carbocycles. The number of sulfonamides is 1. The van der Waals surface area contributed by atoms with Crippen molar-refractivity contribution in [2.24, 2.45) is 0 Å². The van der Waals surface area contributed by atoms with Gasteiger partial charge >= 0.3 is 0 Å². The molecule has 11 heteroatoms. The highest BCUT2D eigenvalue weighted by atomic mass is 32.2. The molecule has 0 aliphatic rings. The van der Waals surface area contributed by atoms with Crippen molar-refractivity contribution < 1.29 is 26.7 Å². The average molecular weight is 427 g/mol. The number of methoxy groups -OCH3 is 2. The van der Waals surface area contributed by atoms with E-state index < -0.39 is 26.6 Å². The van der Waals surface area contributed by atoms with Crippen LogP contribution in [0.1, 0.15) is 5.56 Å². The van der Waals surface area contributed by atoms with Gasteiger partial charge in [-0.25, -0.2) is 21.5 Å². The number of hydrogen-bond acceptors (Lipinski definition) is 7. The first kappa shape index (κ1) is 20.0. The van der Waals surface area contributed by atoms with E-state index in [-0.39, 0.29) is 11.7 Å². The molecule has 0 spiro atoms. The molecule has 148 valence electrons. The predicted octanol–water partition coefficient (Wildman–Crippen LogP) is 3.23. The molecule has 1 heterocycles. The van der Waals surface area contributed by atoms with E-state index in [1.165, 1.54) is 19.7 Å². The van der Waals surface area contributed by atoms with Gasteiger partial charge in [-0.2, -0.15) is 0 Å². The summed E-state index contributed by atoms with van der Waals surface area (Å²) in [5.41, 5.74) is 1.84. The molecule has 0 unspecified atom stereocenters. The van der Waals surface area contributed by atoms with Crippen LogP contribution in [0.15, 0.2) is 46.8 Å². The third kappa shape index (κ3) is 3.90. The Kier molecular flexibility index (Phi) is 5.75. The fourth-order valence-electron chi connectivity index (χ4n) is 2.47. The summed E-state index contributed by atoms with van der Waals surface area (Å²) in [5.74, 6) is -1.17. The van der Waals surface area contributed by atoms with Gasteiger partial charge in [0.15, 0.2) is 0 Å². The Morgan fingerprint density at radius 2 is 1.89 bits per heavy atom. The van der Waals surface area contributed by atoms with Crippen molar-refractivity contribution in [3.63, 3.8) is 0 Å². The third-order valence-corrected chi connectivity index (χ3v) is 6.43. The van der Waals surface area contributed by atoms with Crippen LogP contribution >= 0.6 is 11.3 Å². The Labute approximate surface area is 164 Å². The molecule has 7 nitrogen and oxygen atoms in total. The molecule has 0 fully saturated rings. The maximum absolute atomic E-state index is 14.2. The minimum absolute atomic E-state index is 0.0293. The fraction of sp³-hybridized carbons (Fsp3) is 0.176. The Morgan fingerprint density at radius 1 is 1.11 bits per heavy atom. The number of rotatable bonds is 7. The number of ether oxygens (including phenoxy) is 2. The first-order valence-electron chi connectivity index (χ1n) is 7.81. The summed E-state index contributed by atoms with van der Waals surface area (Å²) >= 11 is 0.964. The summed E-state index contributed by atoms with van der Waals surface area (Å²) in [6.45, 7) is -0.207. The smallest absolute Gasteiger partial charge is 0.269 e. The van der Waals surface area contributed by atoms with E-state index in [1.807, 2.05) is 0 Å². The van der Waals surface area contributed by atoms with Gasteiger partial charge in [0, 0.05) is 17.7 Å². The maximum atomic E-state index is 14.2. The first-order valence-corrected chi connectivity index (χ1v) is 10.1. The fourth-order valence-corrected chi connectivity index (χ4v) is 4.69. The molecule has 2 aromatic carbocycles. The van der Waals surface area contributed by atoms with E-state index >= 15 is 0 Å². The van der Waals surface area contributed by atoms with Gasteiger partial charge in [0.1, 0.15) is 33.5 Å². The Morgan fingerprint density at radius 3 is 2.50 bits per heavy atom. The molecule has 3 aromatic rings. The second kappa shape index (κ2) is 8.07. The van der Waals surface area contributed by atoms with E-state index in [9.17, 15) is 17.2 Å². The van der Waals surface area contributed by atoms with Crippen LogP contribution in [0.3, 0.4) is 0 Å². The topological polar surface area (TPSA) is 81.6 Å². The van der Waals surface area contributed by atoms with Crippen molar-refractivity contribution in [2.45, 2.75) is 11.4 Å². The largest absolute Gasteiger partial charge is 0.497 e. The van der Waals surface area contributed by atoms with Gasteiger partial charge in [-0.1, -0.05) is 11.3 Å². The molecule has 0 radical (unpaired) electrons. The van der Waals surface area contributed by atoms with Gasteiger partial charge < -0.3 is 9.47 Å². The minimum atomic E-state index is -4.40. The summed E-state index contributed by atoms with van der Waals surface area (Å²) in [4.78, 5) is -0.670. The van der Waals surface area contributed by atoms with E-state index in [2.05, 4.69) is 10.2 Å². The number of hydrogen-bond donors (Lipinski definition) is 0. The van der Waals surface area contributed by atoms with E-state index in [0.29, 0.717) is 23.1 Å². The Hall–Kier alpha value is -2.79. The van der Waals surface area contributed by atoms with Crippen molar-refractivity contribution in [1.82, 2.24) is 10.2 Å². The lowest BCUT2D eigenvalue weighted by molar-refractivity contribution is 0.391. The van der Waals surface area contributed by atoms with Crippen LogP contribution in [0, 0.1) is 11.6 Å². The van der Waals surface area contributed by atoms with Gasteiger partial charge in [-0.05, 0) is 24.3 Å². The van der Waals surface area contributed by atoms with Crippen LogP contribution in [0.2, 0.25) is 0 Å². The molecule has 0 atom stereocenters. The maximum Gasteiger partial charge on any atom is 0.269 e. The SMILES string of the molecule is COc1ccc(CN(c2nncs2)S(=O)(=O)c2ccc(F)cc2F)c(OC)c1. The number of nitrogens with zero attached hydrogens (tertiary/aromatic N) is 3. The summed E-state index contributed by atoms with van der Waals surface area (Å²) in [5, 5.41) is 7.48. The normalized spacial score (nSPS) is 11.3. The van der Waals surface area contributed by atoms with Crippen LogP contribution in [0.4, 0.5) is 13.9 Å². The van der Waals surface area contributed by atoms with Gasteiger partial charge in [0.25, 0.3) is 10.0 Å². The van der Waals surface area contributed by atoms with Gasteiger partial charge in [-0.3, -0.25) is 0 Å². The standard InChI is InChI=1S/C17H15F2N3O4S2/c1-25-13-5-3-11(15(8-13)26-2)9-22(17-21-20-10-27-17)28(23,24)16-6-4-12(18)7-14(16)19/h3-8,10H,9H2,1-2H3. The van der Waals surface area contributed by atoms with Crippen LogP contribution in [0.5, 0.6) is 11.5 Å². The van der Waals surface area contributed by atoms with Crippen LogP contribution < -0.4 is 13.8 Å². The summed E-state index contributed by atoms with van der Waals surface area (Å²) < 4.78 is 65.0. The van der Waals surface area contributed by atoms with Crippen LogP contribution in [0.25, 0.3) is 0 Å². The number of benzene rings is 2. The zero-order chi connectivity index (χ0) is 20.3. The Bertz CT molecular complexity index is 1080. The number of halogens is 2. The zero-order valence-corrected chi connectivity index (χ0v) is 16.4. The second-order valence-electron chi connectivity index (χ2n) is 5.49. The highest BCUT2D eigenvalue weighted by molar-refractivity contribution is 7.93. The molecule has 1 aromatic heterocycles. The van der Waals surface area contributed by atoms with Gasteiger partial charge in [0.05, 0.1) is 20.8 Å². The van der Waals surface area contributed by atoms with Crippen molar-refractivity contribution in [1.29, 1.82) is 0 Å². The molecule has 0 bridgehead atoms. The van der Waals surface area contributed by atoms with E-state index in [4.69, 9.17) is 9.47 Å². The molecule has 3 rings (SSSR count). The van der Waals surface area contributed by atoms with Gasteiger partial charge in [-0.15, -0.1) is 10.2 Å². The lowest BCUT2D eigenvalue weighted by atomic mass is 10.2. The molecule has 0 aliphatic carbocycles. The molecule has 0 amide bonds. The number of anilines is 1. The molecule has 28 heavy (non-hydrogen) atoms. The molecule has 0 saturated heterocycles. The molecular formula is C17H15F2N3O4S2. The van der Waals surface area contributed by atoms with Crippen molar-refractivity contribution >= 4 is 26.5 Å². The lowest BCUT2D eigenvalue weighted by Gasteiger charge is -2.22. The predicted molar refractivity (Wildman–Crippen MR) is 99.2 cm³/mol. The molecule has 0 N–H and O–H groups in total. The highest BCUT2D eigenvalue weighted by Crippen LogP contribution is 2.32.